The Kier molecular flexibility index (Phi) is 6.84. The Morgan fingerprint density at radius 1 is 1.12 bits per heavy atom. The summed E-state index contributed by atoms with van der Waals surface area (Å²) in [4.78, 5) is 12.1. The first-order chi connectivity index (χ1) is 12.3. The van der Waals surface area contributed by atoms with Crippen molar-refractivity contribution >= 4 is 15.9 Å². The number of hydrogen-bond donors (Lipinski definition) is 2. The Morgan fingerprint density at radius 2 is 1.73 bits per heavy atom. The zero-order valence-electron chi connectivity index (χ0n) is 14.4. The molecule has 0 atom stereocenters. The van der Waals surface area contributed by atoms with E-state index in [1.54, 1.807) is 12.1 Å². The van der Waals surface area contributed by atoms with Crippen molar-refractivity contribution in [3.63, 3.8) is 0 Å². The highest BCUT2D eigenvalue weighted by molar-refractivity contribution is 7.89. The van der Waals surface area contributed by atoms with Gasteiger partial charge in [-0.2, -0.15) is 4.31 Å². The van der Waals surface area contributed by atoms with E-state index in [0.717, 1.165) is 9.87 Å². The van der Waals surface area contributed by atoms with Gasteiger partial charge in [0.2, 0.25) is 15.9 Å². The molecule has 140 valence electrons. The van der Waals surface area contributed by atoms with Crippen LogP contribution in [0.25, 0.3) is 0 Å². The molecule has 0 aromatic heterocycles. The highest BCUT2D eigenvalue weighted by Gasteiger charge is 2.26. The maximum atomic E-state index is 13.1. The molecule has 2 aromatic carbocycles. The minimum absolute atomic E-state index is 0.0355. The lowest BCUT2D eigenvalue weighted by atomic mass is 10.2. The van der Waals surface area contributed by atoms with Gasteiger partial charge in [-0.15, -0.1) is 0 Å². The molecule has 0 saturated carbocycles. The molecule has 8 heteroatoms. The van der Waals surface area contributed by atoms with Crippen LogP contribution in [0.4, 0.5) is 4.39 Å². The molecule has 2 rings (SSSR count). The molecule has 0 aliphatic carbocycles. The third kappa shape index (κ3) is 5.35. The van der Waals surface area contributed by atoms with Gasteiger partial charge in [0.05, 0.1) is 18.0 Å². The lowest BCUT2D eigenvalue weighted by molar-refractivity contribution is -0.121. The number of nitrogens with zero attached hydrogens (tertiary/aromatic N) is 1. The van der Waals surface area contributed by atoms with Crippen molar-refractivity contribution in [1.29, 1.82) is 0 Å². The van der Waals surface area contributed by atoms with Crippen molar-refractivity contribution in [3.05, 3.63) is 65.5 Å². The Balaban J connectivity index is 2.30. The van der Waals surface area contributed by atoms with Gasteiger partial charge >= 0.3 is 0 Å². The van der Waals surface area contributed by atoms with Gasteiger partial charge in [-0.1, -0.05) is 29.8 Å². The fourth-order valence-corrected chi connectivity index (χ4v) is 3.67. The molecule has 0 heterocycles. The van der Waals surface area contributed by atoms with Crippen molar-refractivity contribution in [2.24, 2.45) is 0 Å². The van der Waals surface area contributed by atoms with Gasteiger partial charge in [-0.05, 0) is 36.8 Å². The molecular formula is C18H21FN2O4S. The van der Waals surface area contributed by atoms with E-state index < -0.39 is 28.3 Å². The van der Waals surface area contributed by atoms with Crippen molar-refractivity contribution in [2.75, 3.05) is 19.7 Å². The van der Waals surface area contributed by atoms with E-state index in [1.807, 2.05) is 6.92 Å². The molecule has 0 unspecified atom stereocenters. The highest BCUT2D eigenvalue weighted by Crippen LogP contribution is 2.19. The molecule has 0 aliphatic heterocycles. The molecule has 1 amide bonds. The second kappa shape index (κ2) is 8.88. The number of aryl methyl sites for hydroxylation is 1. The van der Waals surface area contributed by atoms with Crippen LogP contribution >= 0.6 is 0 Å². The minimum Gasteiger partial charge on any atom is -0.395 e. The standard InChI is InChI=1S/C18H21FN2O4S/c1-14-2-8-17(9-3-14)26(24,25)21(13-18(23)20-10-11-22)12-15-4-6-16(19)7-5-15/h2-9,22H,10-13H2,1H3,(H,20,23). The van der Waals surface area contributed by atoms with Gasteiger partial charge in [-0.25, -0.2) is 12.8 Å². The minimum atomic E-state index is -3.93. The maximum absolute atomic E-state index is 13.1. The number of sulfonamides is 1. The van der Waals surface area contributed by atoms with Crippen LogP contribution in [0.3, 0.4) is 0 Å². The third-order valence-corrected chi connectivity index (χ3v) is 5.49. The van der Waals surface area contributed by atoms with Crippen molar-refractivity contribution in [3.8, 4) is 0 Å². The van der Waals surface area contributed by atoms with Gasteiger partial charge in [0, 0.05) is 13.1 Å². The summed E-state index contributed by atoms with van der Waals surface area (Å²) in [5, 5.41) is 11.2. The molecule has 0 aliphatic rings. The van der Waals surface area contributed by atoms with E-state index in [1.165, 1.54) is 36.4 Å². The second-order valence-electron chi connectivity index (χ2n) is 5.79. The van der Waals surface area contributed by atoms with Gasteiger partial charge in [-0.3, -0.25) is 4.79 Å². The quantitative estimate of drug-likeness (QED) is 0.725. The van der Waals surface area contributed by atoms with E-state index in [2.05, 4.69) is 5.32 Å². The number of rotatable bonds is 8. The topological polar surface area (TPSA) is 86.7 Å². The SMILES string of the molecule is Cc1ccc(S(=O)(=O)N(CC(=O)NCCO)Cc2ccc(F)cc2)cc1. The molecular weight excluding hydrogens is 359 g/mol. The number of nitrogens with one attached hydrogen (secondary N) is 1. The molecule has 0 bridgehead atoms. The fraction of sp³-hybridized carbons (Fsp3) is 0.278. The van der Waals surface area contributed by atoms with Crippen LogP contribution in [0.1, 0.15) is 11.1 Å². The van der Waals surface area contributed by atoms with E-state index in [-0.39, 0.29) is 24.6 Å². The summed E-state index contributed by atoms with van der Waals surface area (Å²) in [6.07, 6.45) is 0. The van der Waals surface area contributed by atoms with E-state index in [0.29, 0.717) is 5.56 Å². The maximum Gasteiger partial charge on any atom is 0.243 e. The summed E-state index contributed by atoms with van der Waals surface area (Å²) in [6.45, 7) is 1.15. The first-order valence-electron chi connectivity index (χ1n) is 8.02. The Hall–Kier alpha value is -2.29. The lowest BCUT2D eigenvalue weighted by Gasteiger charge is -2.22. The van der Waals surface area contributed by atoms with E-state index in [9.17, 15) is 17.6 Å². The zero-order chi connectivity index (χ0) is 19.2. The Bertz CT molecular complexity index is 836. The monoisotopic (exact) mass is 380 g/mol. The normalized spacial score (nSPS) is 11.5. The summed E-state index contributed by atoms with van der Waals surface area (Å²) in [5.41, 5.74) is 1.46. The van der Waals surface area contributed by atoms with E-state index >= 15 is 0 Å². The molecule has 6 nitrogen and oxygen atoms in total. The number of hydrogen-bond acceptors (Lipinski definition) is 4. The first kappa shape index (κ1) is 20.0. The fourth-order valence-electron chi connectivity index (χ4n) is 2.29. The molecule has 0 radical (unpaired) electrons. The summed E-state index contributed by atoms with van der Waals surface area (Å²) in [7, 11) is -3.93. The van der Waals surface area contributed by atoms with Crippen LogP contribution in [0.5, 0.6) is 0 Å². The van der Waals surface area contributed by atoms with Gasteiger partial charge < -0.3 is 10.4 Å². The Morgan fingerprint density at radius 3 is 2.31 bits per heavy atom. The molecule has 2 N–H and O–H groups in total. The highest BCUT2D eigenvalue weighted by atomic mass is 32.2. The van der Waals surface area contributed by atoms with Crippen LogP contribution in [0.2, 0.25) is 0 Å². The van der Waals surface area contributed by atoms with Crippen LogP contribution < -0.4 is 5.32 Å². The summed E-state index contributed by atoms with van der Waals surface area (Å²) in [6, 6.07) is 11.7. The second-order valence-corrected chi connectivity index (χ2v) is 7.72. The third-order valence-electron chi connectivity index (χ3n) is 3.68. The molecule has 26 heavy (non-hydrogen) atoms. The van der Waals surface area contributed by atoms with Crippen LogP contribution in [-0.4, -0.2) is 43.4 Å². The van der Waals surface area contributed by atoms with Crippen molar-refractivity contribution < 1.29 is 22.7 Å². The van der Waals surface area contributed by atoms with Crippen molar-refractivity contribution in [1.82, 2.24) is 9.62 Å². The van der Waals surface area contributed by atoms with Crippen LogP contribution in [-0.2, 0) is 21.4 Å². The Labute approximate surface area is 152 Å². The first-order valence-corrected chi connectivity index (χ1v) is 9.46. The number of aliphatic hydroxyl groups is 1. The van der Waals surface area contributed by atoms with Crippen LogP contribution in [0.15, 0.2) is 53.4 Å². The molecule has 0 saturated heterocycles. The largest absolute Gasteiger partial charge is 0.395 e. The number of amides is 1. The van der Waals surface area contributed by atoms with Gasteiger partial charge in [0.15, 0.2) is 0 Å². The number of halogens is 1. The number of aliphatic hydroxyl groups excluding tert-OH is 1. The molecule has 0 spiro atoms. The summed E-state index contributed by atoms with van der Waals surface area (Å²) >= 11 is 0. The average molecular weight is 380 g/mol. The van der Waals surface area contributed by atoms with Gasteiger partial charge in [0.25, 0.3) is 0 Å². The lowest BCUT2D eigenvalue weighted by Crippen LogP contribution is -2.41. The number of benzene rings is 2. The summed E-state index contributed by atoms with van der Waals surface area (Å²) < 4.78 is 40.0. The zero-order valence-corrected chi connectivity index (χ0v) is 15.2. The predicted octanol–water partition coefficient (Wildman–Crippen LogP) is 1.43. The number of carbonyl (C=O) groups excluding carboxylic acids is 1. The van der Waals surface area contributed by atoms with Crippen LogP contribution in [0, 0.1) is 12.7 Å². The summed E-state index contributed by atoms with van der Waals surface area (Å²) in [5.74, 6) is -0.959. The average Bonchev–Trinajstić information content (AvgIpc) is 2.61. The molecule has 2 aromatic rings. The molecule has 0 fully saturated rings. The predicted molar refractivity (Wildman–Crippen MR) is 95.3 cm³/mol. The van der Waals surface area contributed by atoms with Crippen molar-refractivity contribution in [2.45, 2.75) is 18.4 Å². The number of carbonyl (C=O) groups is 1. The van der Waals surface area contributed by atoms with Gasteiger partial charge in [0.1, 0.15) is 5.82 Å². The smallest absolute Gasteiger partial charge is 0.243 e. The van der Waals surface area contributed by atoms with E-state index in [4.69, 9.17) is 5.11 Å².